The van der Waals surface area contributed by atoms with Gasteiger partial charge >= 0.3 is 0 Å². The fourth-order valence-corrected chi connectivity index (χ4v) is 2.89. The summed E-state index contributed by atoms with van der Waals surface area (Å²) in [5.41, 5.74) is 3.45. The van der Waals surface area contributed by atoms with Gasteiger partial charge < -0.3 is 9.47 Å². The number of rotatable bonds is 1. The Balaban J connectivity index is 1.95. The summed E-state index contributed by atoms with van der Waals surface area (Å²) >= 11 is 0. The van der Waals surface area contributed by atoms with Gasteiger partial charge in [0.1, 0.15) is 0 Å². The van der Waals surface area contributed by atoms with E-state index in [0.29, 0.717) is 6.04 Å². The number of fused-ring (bicyclic) bond motifs is 1. The zero-order valence-corrected chi connectivity index (χ0v) is 11.5. The van der Waals surface area contributed by atoms with Gasteiger partial charge in [0, 0.05) is 20.0 Å². The summed E-state index contributed by atoms with van der Waals surface area (Å²) in [6.45, 7) is 5.43. The summed E-state index contributed by atoms with van der Waals surface area (Å²) in [5.74, 6) is 0.172. The van der Waals surface area contributed by atoms with Crippen molar-refractivity contribution in [2.45, 2.75) is 32.7 Å². The molecule has 1 unspecified atom stereocenters. The van der Waals surface area contributed by atoms with Gasteiger partial charge in [-0.1, -0.05) is 6.07 Å². The molecule has 1 aromatic carbocycles. The van der Waals surface area contributed by atoms with E-state index in [1.807, 2.05) is 11.2 Å². The number of aromatic nitrogens is 2. The van der Waals surface area contributed by atoms with E-state index >= 15 is 0 Å². The highest BCUT2D eigenvalue weighted by Crippen LogP contribution is 2.26. The molecule has 4 nitrogen and oxygen atoms in total. The number of carbonyl (C=O) groups is 1. The highest BCUT2D eigenvalue weighted by Gasteiger charge is 2.23. The Kier molecular flexibility index (Phi) is 3.01. The second kappa shape index (κ2) is 4.68. The van der Waals surface area contributed by atoms with E-state index in [-0.39, 0.29) is 5.91 Å². The third-order valence-electron chi connectivity index (χ3n) is 3.97. The lowest BCUT2D eigenvalue weighted by Gasteiger charge is -2.33. The van der Waals surface area contributed by atoms with E-state index in [0.717, 1.165) is 31.4 Å². The fourth-order valence-electron chi connectivity index (χ4n) is 2.89. The van der Waals surface area contributed by atoms with Crippen LogP contribution in [0.1, 0.15) is 31.4 Å². The lowest BCUT2D eigenvalue weighted by molar-refractivity contribution is -0.130. The highest BCUT2D eigenvalue weighted by molar-refractivity contribution is 5.76. The molecule has 1 aliphatic heterocycles. The van der Waals surface area contributed by atoms with E-state index in [9.17, 15) is 4.79 Å². The van der Waals surface area contributed by atoms with Crippen LogP contribution in [0.4, 0.5) is 0 Å². The first-order chi connectivity index (χ1) is 9.15. The molecule has 1 fully saturated rings. The Bertz CT molecular complexity index is 617. The van der Waals surface area contributed by atoms with Gasteiger partial charge in [-0.05, 0) is 37.5 Å². The summed E-state index contributed by atoms with van der Waals surface area (Å²) in [6.07, 6.45) is 4.09. The zero-order chi connectivity index (χ0) is 13.4. The summed E-state index contributed by atoms with van der Waals surface area (Å²) in [5, 5.41) is 0. The molecule has 4 heteroatoms. The number of likely N-dealkylation sites (tertiary alicyclic amines) is 1. The van der Waals surface area contributed by atoms with Crippen LogP contribution in [0.25, 0.3) is 11.0 Å². The van der Waals surface area contributed by atoms with Gasteiger partial charge in [-0.2, -0.15) is 0 Å². The molecular formula is C15H19N3O. The van der Waals surface area contributed by atoms with Gasteiger partial charge in [0.15, 0.2) is 0 Å². The molecule has 0 bridgehead atoms. The van der Waals surface area contributed by atoms with Crippen LogP contribution in [0.15, 0.2) is 24.5 Å². The largest absolute Gasteiger partial charge is 0.341 e. The first kappa shape index (κ1) is 12.2. The quantitative estimate of drug-likeness (QED) is 0.787. The van der Waals surface area contributed by atoms with Crippen molar-refractivity contribution >= 4 is 16.9 Å². The minimum absolute atomic E-state index is 0.172. The first-order valence-corrected chi connectivity index (χ1v) is 6.84. The Morgan fingerprint density at radius 3 is 3.05 bits per heavy atom. The van der Waals surface area contributed by atoms with Crippen LogP contribution in [0.5, 0.6) is 0 Å². The molecule has 1 amide bonds. The summed E-state index contributed by atoms with van der Waals surface area (Å²) in [7, 11) is 0. The molecule has 1 aliphatic rings. The van der Waals surface area contributed by atoms with Gasteiger partial charge in [-0.3, -0.25) is 4.79 Å². The van der Waals surface area contributed by atoms with Crippen molar-refractivity contribution in [2.24, 2.45) is 0 Å². The zero-order valence-electron chi connectivity index (χ0n) is 11.5. The van der Waals surface area contributed by atoms with E-state index < -0.39 is 0 Å². The van der Waals surface area contributed by atoms with E-state index in [1.165, 1.54) is 11.1 Å². The van der Waals surface area contributed by atoms with Crippen LogP contribution in [-0.2, 0) is 4.79 Å². The van der Waals surface area contributed by atoms with Crippen molar-refractivity contribution < 1.29 is 4.79 Å². The van der Waals surface area contributed by atoms with Crippen molar-refractivity contribution in [2.75, 3.05) is 13.1 Å². The van der Waals surface area contributed by atoms with E-state index in [1.54, 1.807) is 6.92 Å². The van der Waals surface area contributed by atoms with Crippen molar-refractivity contribution in [1.29, 1.82) is 0 Å². The number of hydrogen-bond donors (Lipinski definition) is 0. The maximum absolute atomic E-state index is 11.5. The first-order valence-electron chi connectivity index (χ1n) is 6.84. The SMILES string of the molecule is CC(=O)N1CCCC(n2cnc3ccc(C)cc32)C1. The Morgan fingerprint density at radius 2 is 2.26 bits per heavy atom. The highest BCUT2D eigenvalue weighted by atomic mass is 16.2. The third-order valence-corrected chi connectivity index (χ3v) is 3.97. The lowest BCUT2D eigenvalue weighted by atomic mass is 10.1. The minimum Gasteiger partial charge on any atom is -0.341 e. The number of carbonyl (C=O) groups excluding carboxylic acids is 1. The molecule has 1 saturated heterocycles. The molecule has 2 aromatic rings. The molecule has 0 N–H and O–H groups in total. The number of imidazole rings is 1. The molecular weight excluding hydrogens is 238 g/mol. The predicted octanol–water partition coefficient (Wildman–Crippen LogP) is 2.53. The lowest BCUT2D eigenvalue weighted by Crippen LogP contribution is -2.39. The van der Waals surface area contributed by atoms with Gasteiger partial charge in [-0.15, -0.1) is 0 Å². The molecule has 0 radical (unpaired) electrons. The number of amides is 1. The number of nitrogens with zero attached hydrogens (tertiary/aromatic N) is 3. The van der Waals surface area contributed by atoms with Crippen molar-refractivity contribution in [1.82, 2.24) is 14.5 Å². The summed E-state index contributed by atoms with van der Waals surface area (Å²) in [4.78, 5) is 17.9. The van der Waals surface area contributed by atoms with Crippen LogP contribution < -0.4 is 0 Å². The molecule has 1 aromatic heterocycles. The normalized spacial score (nSPS) is 19.9. The molecule has 19 heavy (non-hydrogen) atoms. The van der Waals surface area contributed by atoms with Gasteiger partial charge in [-0.25, -0.2) is 4.98 Å². The van der Waals surface area contributed by atoms with E-state index in [4.69, 9.17) is 0 Å². The molecule has 0 aliphatic carbocycles. The maximum atomic E-state index is 11.5. The smallest absolute Gasteiger partial charge is 0.219 e. The molecule has 2 heterocycles. The maximum Gasteiger partial charge on any atom is 0.219 e. The van der Waals surface area contributed by atoms with Crippen LogP contribution in [0.3, 0.4) is 0 Å². The Hall–Kier alpha value is -1.84. The fraction of sp³-hybridized carbons (Fsp3) is 0.467. The Labute approximate surface area is 113 Å². The Morgan fingerprint density at radius 1 is 1.42 bits per heavy atom. The van der Waals surface area contributed by atoms with Crippen LogP contribution in [0, 0.1) is 6.92 Å². The average Bonchev–Trinajstić information content (AvgIpc) is 2.81. The summed E-state index contributed by atoms with van der Waals surface area (Å²) in [6, 6.07) is 6.67. The number of piperidine rings is 1. The van der Waals surface area contributed by atoms with E-state index in [2.05, 4.69) is 34.7 Å². The van der Waals surface area contributed by atoms with Gasteiger partial charge in [0.2, 0.25) is 5.91 Å². The predicted molar refractivity (Wildman–Crippen MR) is 75.0 cm³/mol. The van der Waals surface area contributed by atoms with Crippen molar-refractivity contribution in [3.63, 3.8) is 0 Å². The topological polar surface area (TPSA) is 38.1 Å². The standard InChI is InChI=1S/C15H19N3O/c1-11-5-6-14-15(8-11)18(10-16-14)13-4-3-7-17(9-13)12(2)19/h5-6,8,10,13H,3-4,7,9H2,1-2H3. The molecule has 100 valence electrons. The number of benzene rings is 1. The van der Waals surface area contributed by atoms with Gasteiger partial charge in [0.05, 0.1) is 23.4 Å². The van der Waals surface area contributed by atoms with Crippen molar-refractivity contribution in [3.05, 3.63) is 30.1 Å². The number of hydrogen-bond acceptors (Lipinski definition) is 2. The third kappa shape index (κ3) is 2.23. The molecule has 0 saturated carbocycles. The molecule has 3 rings (SSSR count). The average molecular weight is 257 g/mol. The van der Waals surface area contributed by atoms with Crippen molar-refractivity contribution in [3.8, 4) is 0 Å². The summed E-state index contributed by atoms with van der Waals surface area (Å²) < 4.78 is 2.23. The monoisotopic (exact) mass is 257 g/mol. The molecule has 0 spiro atoms. The van der Waals surface area contributed by atoms with Crippen LogP contribution >= 0.6 is 0 Å². The van der Waals surface area contributed by atoms with Gasteiger partial charge in [0.25, 0.3) is 0 Å². The second-order valence-corrected chi connectivity index (χ2v) is 5.41. The van der Waals surface area contributed by atoms with Crippen LogP contribution in [-0.4, -0.2) is 33.4 Å². The second-order valence-electron chi connectivity index (χ2n) is 5.41. The molecule has 1 atom stereocenters. The number of aryl methyl sites for hydroxylation is 1. The minimum atomic E-state index is 0.172. The van der Waals surface area contributed by atoms with Crippen LogP contribution in [0.2, 0.25) is 0 Å².